The van der Waals surface area contributed by atoms with Crippen LogP contribution in [0.25, 0.3) is 0 Å². The molecule has 0 unspecified atom stereocenters. The first-order valence-corrected chi connectivity index (χ1v) is 7.04. The Kier molecular flexibility index (Phi) is 6.69. The predicted octanol–water partition coefficient (Wildman–Crippen LogP) is 2.93. The van der Waals surface area contributed by atoms with Crippen LogP contribution in [0, 0.1) is 19.3 Å². The van der Waals surface area contributed by atoms with Crippen LogP contribution in [0.1, 0.15) is 44.3 Å². The highest BCUT2D eigenvalue weighted by molar-refractivity contribution is 5.21. The predicted molar refractivity (Wildman–Crippen MR) is 79.8 cm³/mol. The molecule has 1 aromatic heterocycles. The van der Waals surface area contributed by atoms with E-state index >= 15 is 0 Å². The molecular formula is C16H26N2O. The van der Waals surface area contributed by atoms with Crippen molar-refractivity contribution in [2.45, 2.75) is 53.2 Å². The van der Waals surface area contributed by atoms with E-state index < -0.39 is 0 Å². The van der Waals surface area contributed by atoms with Gasteiger partial charge in [-0.15, -0.1) is 6.42 Å². The third kappa shape index (κ3) is 5.50. The lowest BCUT2D eigenvalue weighted by Crippen LogP contribution is -2.24. The molecule has 0 bridgehead atoms. The summed E-state index contributed by atoms with van der Waals surface area (Å²) in [7, 11) is 0. The largest absolute Gasteiger partial charge is 0.465 e. The highest BCUT2D eigenvalue weighted by atomic mass is 16.3. The minimum atomic E-state index is 0.465. The van der Waals surface area contributed by atoms with E-state index in [9.17, 15) is 0 Å². The summed E-state index contributed by atoms with van der Waals surface area (Å²) in [6.07, 6.45) is 6.52. The number of terminal acetylenes is 1. The molecule has 1 rings (SSSR count). The highest BCUT2D eigenvalue weighted by Gasteiger charge is 2.11. The minimum absolute atomic E-state index is 0.465. The Balaban J connectivity index is 2.64. The Morgan fingerprint density at radius 2 is 2.21 bits per heavy atom. The summed E-state index contributed by atoms with van der Waals surface area (Å²) in [5.74, 6) is 4.72. The molecule has 0 saturated carbocycles. The summed E-state index contributed by atoms with van der Waals surface area (Å²) in [6.45, 7) is 11.8. The van der Waals surface area contributed by atoms with Crippen LogP contribution in [0.4, 0.5) is 0 Å². The Hall–Kier alpha value is -1.24. The van der Waals surface area contributed by atoms with Crippen LogP contribution in [-0.2, 0) is 13.1 Å². The molecule has 0 atom stereocenters. The van der Waals surface area contributed by atoms with Crippen molar-refractivity contribution >= 4 is 0 Å². The average Bonchev–Trinajstić information content (AvgIpc) is 2.68. The third-order valence-corrected chi connectivity index (χ3v) is 3.00. The first-order valence-electron chi connectivity index (χ1n) is 7.04. The van der Waals surface area contributed by atoms with E-state index in [2.05, 4.69) is 43.0 Å². The van der Waals surface area contributed by atoms with E-state index in [1.54, 1.807) is 0 Å². The summed E-state index contributed by atoms with van der Waals surface area (Å²) in [6, 6.07) is 2.61. The quantitative estimate of drug-likeness (QED) is 0.730. The molecule has 0 aliphatic heterocycles. The Bertz CT molecular complexity index is 415. The zero-order valence-electron chi connectivity index (χ0n) is 12.6. The maximum atomic E-state index is 5.78. The molecule has 19 heavy (non-hydrogen) atoms. The van der Waals surface area contributed by atoms with Gasteiger partial charge in [0.1, 0.15) is 11.5 Å². The molecule has 3 heteroatoms. The summed E-state index contributed by atoms with van der Waals surface area (Å²) in [5.41, 5.74) is 1.24. The van der Waals surface area contributed by atoms with Gasteiger partial charge >= 0.3 is 0 Å². The van der Waals surface area contributed by atoms with Gasteiger partial charge in [-0.3, -0.25) is 4.90 Å². The van der Waals surface area contributed by atoms with Gasteiger partial charge in [-0.2, -0.15) is 0 Å². The van der Waals surface area contributed by atoms with Gasteiger partial charge in [-0.1, -0.05) is 26.7 Å². The van der Waals surface area contributed by atoms with Crippen LogP contribution in [0.15, 0.2) is 10.5 Å². The van der Waals surface area contributed by atoms with Crippen molar-refractivity contribution in [1.29, 1.82) is 0 Å². The second kappa shape index (κ2) is 8.04. The van der Waals surface area contributed by atoms with Gasteiger partial charge < -0.3 is 9.73 Å². The van der Waals surface area contributed by atoms with Gasteiger partial charge in [0.05, 0.1) is 13.1 Å². The number of nitrogens with one attached hydrogen (secondary N) is 1. The van der Waals surface area contributed by atoms with Gasteiger partial charge in [0, 0.05) is 18.2 Å². The lowest BCUT2D eigenvalue weighted by molar-refractivity contribution is 0.297. The summed E-state index contributed by atoms with van der Waals surface area (Å²) < 4.78 is 5.78. The van der Waals surface area contributed by atoms with Crippen LogP contribution in [0.5, 0.6) is 0 Å². The van der Waals surface area contributed by atoms with Crippen molar-refractivity contribution in [2.24, 2.45) is 0 Å². The summed E-state index contributed by atoms with van der Waals surface area (Å²) >= 11 is 0. The second-order valence-corrected chi connectivity index (χ2v) is 5.24. The summed E-state index contributed by atoms with van der Waals surface area (Å²) in [5, 5.41) is 3.37. The Labute approximate surface area is 117 Å². The van der Waals surface area contributed by atoms with Crippen molar-refractivity contribution in [3.05, 3.63) is 23.2 Å². The van der Waals surface area contributed by atoms with Gasteiger partial charge in [0.15, 0.2) is 0 Å². The lowest BCUT2D eigenvalue weighted by atomic mass is 10.2. The maximum absolute atomic E-state index is 5.78. The average molecular weight is 262 g/mol. The molecule has 1 heterocycles. The molecular weight excluding hydrogens is 236 g/mol. The van der Waals surface area contributed by atoms with Gasteiger partial charge in [0.2, 0.25) is 0 Å². The molecule has 0 saturated heterocycles. The van der Waals surface area contributed by atoms with E-state index in [1.165, 1.54) is 5.56 Å². The Morgan fingerprint density at radius 1 is 1.47 bits per heavy atom. The number of hydrogen-bond donors (Lipinski definition) is 1. The Morgan fingerprint density at radius 3 is 2.79 bits per heavy atom. The molecule has 106 valence electrons. The molecule has 0 aliphatic rings. The monoisotopic (exact) mass is 262 g/mol. The van der Waals surface area contributed by atoms with E-state index in [4.69, 9.17) is 10.8 Å². The lowest BCUT2D eigenvalue weighted by Gasteiger charge is -2.18. The molecule has 0 aromatic carbocycles. The molecule has 0 aliphatic carbocycles. The first kappa shape index (κ1) is 15.8. The number of hydrogen-bond acceptors (Lipinski definition) is 3. The van der Waals surface area contributed by atoms with E-state index in [1.807, 2.05) is 6.92 Å². The fourth-order valence-corrected chi connectivity index (χ4v) is 2.04. The van der Waals surface area contributed by atoms with Gasteiger partial charge in [0.25, 0.3) is 0 Å². The number of furan rings is 1. The molecule has 0 radical (unpaired) electrons. The van der Waals surface area contributed by atoms with Gasteiger partial charge in [-0.05, 0) is 26.0 Å². The maximum Gasteiger partial charge on any atom is 0.118 e. The van der Waals surface area contributed by atoms with Crippen LogP contribution in [0.3, 0.4) is 0 Å². The van der Waals surface area contributed by atoms with Crippen molar-refractivity contribution < 1.29 is 4.42 Å². The number of aryl methyl sites for hydroxylation is 1. The number of nitrogens with zero attached hydrogens (tertiary/aromatic N) is 1. The SMILES string of the molecule is C#CCN(CCC)Cc1cc(CNC(C)C)oc1C. The van der Waals surface area contributed by atoms with E-state index in [0.29, 0.717) is 12.6 Å². The van der Waals surface area contributed by atoms with E-state index in [0.717, 1.165) is 37.6 Å². The van der Waals surface area contributed by atoms with Crippen LogP contribution < -0.4 is 5.32 Å². The molecule has 1 aromatic rings. The zero-order valence-corrected chi connectivity index (χ0v) is 12.6. The van der Waals surface area contributed by atoms with Crippen LogP contribution >= 0.6 is 0 Å². The van der Waals surface area contributed by atoms with Crippen molar-refractivity contribution in [2.75, 3.05) is 13.1 Å². The standard InChI is InChI=1S/C16H26N2O/c1-6-8-18(9-7-2)12-15-10-16(19-14(15)5)11-17-13(3)4/h1,10,13,17H,7-9,11-12H2,2-5H3. The van der Waals surface area contributed by atoms with Gasteiger partial charge in [-0.25, -0.2) is 0 Å². The van der Waals surface area contributed by atoms with Crippen LogP contribution in [0.2, 0.25) is 0 Å². The normalized spacial score (nSPS) is 11.2. The smallest absolute Gasteiger partial charge is 0.118 e. The second-order valence-electron chi connectivity index (χ2n) is 5.24. The molecule has 1 N–H and O–H groups in total. The summed E-state index contributed by atoms with van der Waals surface area (Å²) in [4.78, 5) is 2.28. The highest BCUT2D eigenvalue weighted by Crippen LogP contribution is 2.17. The topological polar surface area (TPSA) is 28.4 Å². The fraction of sp³-hybridized carbons (Fsp3) is 0.625. The zero-order chi connectivity index (χ0) is 14.3. The van der Waals surface area contributed by atoms with E-state index in [-0.39, 0.29) is 0 Å². The minimum Gasteiger partial charge on any atom is -0.465 e. The van der Waals surface area contributed by atoms with Crippen LogP contribution in [-0.4, -0.2) is 24.0 Å². The number of rotatable bonds is 8. The molecule has 0 amide bonds. The first-order chi connectivity index (χ1) is 9.06. The molecule has 3 nitrogen and oxygen atoms in total. The fourth-order valence-electron chi connectivity index (χ4n) is 2.04. The van der Waals surface area contributed by atoms with Crippen molar-refractivity contribution in [3.63, 3.8) is 0 Å². The molecule has 0 fully saturated rings. The third-order valence-electron chi connectivity index (χ3n) is 3.00. The van der Waals surface area contributed by atoms with Crippen molar-refractivity contribution in [3.8, 4) is 12.3 Å². The van der Waals surface area contributed by atoms with Crippen molar-refractivity contribution in [1.82, 2.24) is 10.2 Å². The molecule has 0 spiro atoms.